The van der Waals surface area contributed by atoms with Gasteiger partial charge in [0, 0.05) is 5.02 Å². The summed E-state index contributed by atoms with van der Waals surface area (Å²) in [6, 6.07) is 20.6. The summed E-state index contributed by atoms with van der Waals surface area (Å²) in [6.07, 6.45) is 1.80. The first kappa shape index (κ1) is 22.0. The van der Waals surface area contributed by atoms with Gasteiger partial charge in [-0.2, -0.15) is 0 Å². The fourth-order valence-corrected chi connectivity index (χ4v) is 4.44. The largest absolute Gasteiger partial charge is 0.488 e. The predicted molar refractivity (Wildman–Crippen MR) is 132 cm³/mol. The van der Waals surface area contributed by atoms with Crippen LogP contribution in [0.5, 0.6) is 5.75 Å². The summed E-state index contributed by atoms with van der Waals surface area (Å²) in [6.45, 7) is 0.476. The van der Waals surface area contributed by atoms with Gasteiger partial charge in [0.1, 0.15) is 12.4 Å². The molecule has 3 aromatic rings. The summed E-state index contributed by atoms with van der Waals surface area (Å²) in [7, 11) is 0. The number of hydrogen-bond donors (Lipinski definition) is 1. The van der Waals surface area contributed by atoms with Crippen molar-refractivity contribution in [3.05, 3.63) is 97.3 Å². The van der Waals surface area contributed by atoms with Crippen molar-refractivity contribution >= 4 is 73.7 Å². The first-order chi connectivity index (χ1) is 15.0. The lowest BCUT2D eigenvalue weighted by molar-refractivity contribution is -0.115. The monoisotopic (exact) mass is 532 g/mol. The van der Waals surface area contributed by atoms with Gasteiger partial charge in [0.25, 0.3) is 5.91 Å². The second-order valence-corrected chi connectivity index (χ2v) is 9.27. The molecule has 0 spiro atoms. The molecule has 0 atom stereocenters. The third-order valence-electron chi connectivity index (χ3n) is 4.27. The highest BCUT2D eigenvalue weighted by molar-refractivity contribution is 9.10. The van der Waals surface area contributed by atoms with E-state index in [1.54, 1.807) is 24.3 Å². The molecule has 4 nitrogen and oxygen atoms in total. The van der Waals surface area contributed by atoms with Gasteiger partial charge in [-0.3, -0.25) is 4.79 Å². The Morgan fingerprint density at radius 3 is 2.65 bits per heavy atom. The normalized spacial score (nSPS) is 16.0. The predicted octanol–water partition coefficient (Wildman–Crippen LogP) is 7.23. The quantitative estimate of drug-likeness (QED) is 0.352. The van der Waals surface area contributed by atoms with E-state index in [0.717, 1.165) is 21.3 Å². The first-order valence-corrected chi connectivity index (χ1v) is 11.6. The van der Waals surface area contributed by atoms with Crippen molar-refractivity contribution in [1.29, 1.82) is 0 Å². The van der Waals surface area contributed by atoms with Crippen LogP contribution < -0.4 is 10.1 Å². The van der Waals surface area contributed by atoms with Gasteiger partial charge in [-0.25, -0.2) is 4.99 Å². The van der Waals surface area contributed by atoms with Crippen LogP contribution in [0.15, 0.2) is 81.1 Å². The Kier molecular flexibility index (Phi) is 7.02. The Morgan fingerprint density at radius 1 is 1.06 bits per heavy atom. The maximum Gasteiger partial charge on any atom is 0.264 e. The molecule has 1 N–H and O–H groups in total. The van der Waals surface area contributed by atoms with Crippen molar-refractivity contribution < 1.29 is 9.53 Å². The fraction of sp³-hybridized carbons (Fsp3) is 0.0435. The van der Waals surface area contributed by atoms with Crippen LogP contribution >= 0.6 is 50.9 Å². The molecule has 0 aromatic heterocycles. The molecule has 1 saturated heterocycles. The molecule has 1 amide bonds. The van der Waals surface area contributed by atoms with Gasteiger partial charge in [0.05, 0.1) is 20.1 Å². The second kappa shape index (κ2) is 9.92. The lowest BCUT2D eigenvalue weighted by atomic mass is 10.2. The Morgan fingerprint density at radius 2 is 1.87 bits per heavy atom. The zero-order valence-corrected chi connectivity index (χ0v) is 19.9. The highest BCUT2D eigenvalue weighted by Gasteiger charge is 2.24. The molecule has 0 bridgehead atoms. The molecule has 156 valence electrons. The van der Waals surface area contributed by atoms with Crippen molar-refractivity contribution in [2.45, 2.75) is 6.61 Å². The van der Waals surface area contributed by atoms with Crippen LogP contribution in [0.2, 0.25) is 10.0 Å². The third-order valence-corrected chi connectivity index (χ3v) is 6.36. The van der Waals surface area contributed by atoms with Gasteiger partial charge < -0.3 is 10.1 Å². The van der Waals surface area contributed by atoms with E-state index in [2.05, 4.69) is 26.2 Å². The van der Waals surface area contributed by atoms with Crippen molar-refractivity contribution in [1.82, 2.24) is 5.32 Å². The van der Waals surface area contributed by atoms with Crippen LogP contribution in [0, 0.1) is 0 Å². The van der Waals surface area contributed by atoms with Crippen LogP contribution in [-0.4, -0.2) is 11.1 Å². The molecule has 0 unspecified atom stereocenters. The number of carbonyl (C=O) groups excluding carboxylic acids is 1. The van der Waals surface area contributed by atoms with Crippen LogP contribution in [0.1, 0.15) is 11.1 Å². The smallest absolute Gasteiger partial charge is 0.264 e. The topological polar surface area (TPSA) is 50.7 Å². The van der Waals surface area contributed by atoms with Crippen molar-refractivity contribution in [3.63, 3.8) is 0 Å². The molecule has 8 heteroatoms. The summed E-state index contributed by atoms with van der Waals surface area (Å²) < 4.78 is 6.69. The van der Waals surface area contributed by atoms with Crippen molar-refractivity contribution in [2.24, 2.45) is 4.99 Å². The average Bonchev–Trinajstić information content (AvgIpc) is 3.09. The number of benzene rings is 3. The summed E-state index contributed by atoms with van der Waals surface area (Å²) in [5.41, 5.74) is 2.45. The molecule has 1 fully saturated rings. The average molecular weight is 534 g/mol. The van der Waals surface area contributed by atoms with Gasteiger partial charge in [-0.1, -0.05) is 59.6 Å². The number of halogens is 3. The highest BCUT2D eigenvalue weighted by atomic mass is 79.9. The molecule has 1 aliphatic heterocycles. The minimum absolute atomic E-state index is 0.220. The van der Waals surface area contributed by atoms with Gasteiger partial charge in [0.15, 0.2) is 5.17 Å². The van der Waals surface area contributed by atoms with Gasteiger partial charge in [0.2, 0.25) is 0 Å². The fourth-order valence-electron chi connectivity index (χ4n) is 2.77. The van der Waals surface area contributed by atoms with Crippen LogP contribution in [0.4, 0.5) is 5.69 Å². The second-order valence-electron chi connectivity index (χ2n) is 6.54. The summed E-state index contributed by atoms with van der Waals surface area (Å²) in [4.78, 5) is 17.3. The van der Waals surface area contributed by atoms with E-state index in [-0.39, 0.29) is 5.91 Å². The van der Waals surface area contributed by atoms with E-state index in [1.165, 1.54) is 11.8 Å². The lowest BCUT2D eigenvalue weighted by Gasteiger charge is -2.09. The Labute approximate surface area is 202 Å². The van der Waals surface area contributed by atoms with Crippen LogP contribution in [0.25, 0.3) is 6.08 Å². The highest BCUT2D eigenvalue weighted by Crippen LogP contribution is 2.33. The van der Waals surface area contributed by atoms with E-state index in [0.29, 0.717) is 32.4 Å². The molecule has 0 saturated carbocycles. The summed E-state index contributed by atoms with van der Waals surface area (Å²) >= 11 is 16.9. The van der Waals surface area contributed by atoms with Crippen LogP contribution in [0.3, 0.4) is 0 Å². The SMILES string of the molecule is O=C1NC(=Nc2cc(Cl)ccc2Cl)S/C1=C/c1ccc(OCc2ccccc2)c(Br)c1. The maximum absolute atomic E-state index is 12.4. The molecule has 1 aliphatic rings. The van der Waals surface area contributed by atoms with Crippen molar-refractivity contribution in [3.8, 4) is 5.75 Å². The van der Waals surface area contributed by atoms with E-state index < -0.39 is 0 Å². The zero-order valence-electron chi connectivity index (χ0n) is 15.9. The van der Waals surface area contributed by atoms with E-state index >= 15 is 0 Å². The summed E-state index contributed by atoms with van der Waals surface area (Å²) in [5, 5.41) is 4.18. The molecular formula is C23H15BrCl2N2O2S. The number of nitrogens with one attached hydrogen (secondary N) is 1. The zero-order chi connectivity index (χ0) is 21.8. The molecule has 0 radical (unpaired) electrons. The number of thioether (sulfide) groups is 1. The Bertz CT molecular complexity index is 1200. The number of hydrogen-bond acceptors (Lipinski definition) is 4. The van der Waals surface area contributed by atoms with E-state index in [9.17, 15) is 4.79 Å². The molecular weight excluding hydrogens is 519 g/mol. The molecule has 0 aliphatic carbocycles. The maximum atomic E-state index is 12.4. The molecule has 31 heavy (non-hydrogen) atoms. The number of ether oxygens (including phenoxy) is 1. The molecule has 3 aromatic carbocycles. The first-order valence-electron chi connectivity index (χ1n) is 9.19. The number of amidine groups is 1. The molecule has 4 rings (SSSR count). The Hall–Kier alpha value is -2.25. The van der Waals surface area contributed by atoms with Crippen molar-refractivity contribution in [2.75, 3.05) is 0 Å². The number of amides is 1. The van der Waals surface area contributed by atoms with Crippen LogP contribution in [-0.2, 0) is 11.4 Å². The standard InChI is InChI=1S/C23H15BrCl2N2O2S/c24-17-10-15(6-9-20(17)30-13-14-4-2-1-3-5-14)11-21-22(29)28-23(31-21)27-19-12-16(25)7-8-18(19)26/h1-12H,13H2,(H,27,28,29)/b21-11+. The number of carbonyl (C=O) groups is 1. The van der Waals surface area contributed by atoms with E-state index in [4.69, 9.17) is 27.9 Å². The minimum Gasteiger partial charge on any atom is -0.488 e. The summed E-state index contributed by atoms with van der Waals surface area (Å²) in [5.74, 6) is 0.509. The molecule has 1 heterocycles. The van der Waals surface area contributed by atoms with Gasteiger partial charge in [-0.05, 0) is 75.2 Å². The third kappa shape index (κ3) is 5.71. The van der Waals surface area contributed by atoms with E-state index in [1.807, 2.05) is 48.5 Å². The number of rotatable bonds is 5. The lowest BCUT2D eigenvalue weighted by Crippen LogP contribution is -2.19. The minimum atomic E-state index is -0.220. The Balaban J connectivity index is 1.48. The van der Waals surface area contributed by atoms with Gasteiger partial charge in [-0.15, -0.1) is 0 Å². The number of aliphatic imine (C=N–C) groups is 1. The van der Waals surface area contributed by atoms with Gasteiger partial charge >= 0.3 is 0 Å². The number of nitrogens with zero attached hydrogens (tertiary/aromatic N) is 1.